The van der Waals surface area contributed by atoms with Crippen LogP contribution < -0.4 is 53.6 Å². The lowest BCUT2D eigenvalue weighted by Crippen LogP contribution is -2.57. The first-order chi connectivity index (χ1) is 49.1. The molecule has 5 aromatic rings. The zero-order valence-electron chi connectivity index (χ0n) is 57.8. The number of allylic oxidation sites excluding steroid dienone is 1. The number of carbonyl (C=O) groups is 10. The predicted molar refractivity (Wildman–Crippen MR) is 384 cm³/mol. The van der Waals surface area contributed by atoms with E-state index < -0.39 is 172 Å². The standard InChI is InChI=1S/C66H79N17O16S5/c1-12-24(3)43-57(95)70-26(5)52(90)68-25(4)51(89)69-27(6)53(91)83-66-17-16-36(60-76-39(20-100-60)50(67)88)73-48(66)38-19-102-61(75-38)45(30(9)99-63(97)37-18-33(28(7)84)32-14-15-35(71-43)47(87)46(32)72-37)81-54(92)40-22-103-62(78-40)49(65(11,98)31(10)86)82-56(94)41-21-101-59(77-41)34(13-2)74-58(96)44(29(8)85)80-55(93)42-23-104-64(66)79-42/h13-15,18-20,22-24,26-31,35,41,43-45,47-49,71,84-87,98H,4,12,16-17,21H2,1-3,5-11H3,(H2,67,88)(H,68,90)(H,69,89)(H,70,95)(H,74,96)(H,80,93)(H,81,92)(H,82,94)(H,83,91)/b34-13-/t24-,26+,27+,28-,29+,30+,31+,35+,41+,43-,44-,45-,47-,48+,49+,65+,66+/m0/s1. The van der Waals surface area contributed by atoms with Crippen LogP contribution in [-0.2, 0) is 39.0 Å². The molecule has 0 fully saturated rings. The van der Waals surface area contributed by atoms with Gasteiger partial charge < -0.3 is 78.5 Å². The summed E-state index contributed by atoms with van der Waals surface area (Å²) >= 11 is 4.69. The number of aliphatic hydroxyl groups is 5. The minimum atomic E-state index is -2.17. The van der Waals surface area contributed by atoms with E-state index in [0.29, 0.717) is 6.42 Å². The number of carbonyl (C=O) groups excluding carboxylic acids is 10. The quantitative estimate of drug-likeness (QED) is 0.0773. The monoisotopic (exact) mass is 1530 g/mol. The van der Waals surface area contributed by atoms with Gasteiger partial charge in [0.25, 0.3) is 23.6 Å². The van der Waals surface area contributed by atoms with E-state index in [1.54, 1.807) is 26.0 Å². The molecule has 0 radical (unpaired) electrons. The molecule has 33 nitrogen and oxygen atoms in total. The van der Waals surface area contributed by atoms with Gasteiger partial charge in [0.05, 0.1) is 58.9 Å². The molecule has 38 heteroatoms. The van der Waals surface area contributed by atoms with Crippen molar-refractivity contribution in [2.45, 2.75) is 185 Å². The number of aliphatic imine (C=N–C) groups is 2. The van der Waals surface area contributed by atoms with Crippen molar-refractivity contribution in [3.63, 3.8) is 0 Å². The Morgan fingerprint density at radius 1 is 0.779 bits per heavy atom. The fourth-order valence-electron chi connectivity index (χ4n) is 11.8. The fourth-order valence-corrected chi connectivity index (χ4v) is 16.7. The molecule has 0 unspecified atom stereocenters. The summed E-state index contributed by atoms with van der Waals surface area (Å²) in [5.41, 5.74) is 0.481. The highest BCUT2D eigenvalue weighted by Crippen LogP contribution is 2.48. The number of primary amides is 1. The number of nitrogens with zero attached hydrogens (tertiary/aromatic N) is 7. The van der Waals surface area contributed by atoms with Gasteiger partial charge in [0.1, 0.15) is 113 Å². The smallest absolute Gasteiger partial charge is 0.357 e. The van der Waals surface area contributed by atoms with E-state index in [1.165, 1.54) is 82.1 Å². The van der Waals surface area contributed by atoms with Gasteiger partial charge in [-0.15, -0.1) is 57.1 Å². The Hall–Kier alpha value is -8.96. The number of nitrogens with two attached hydrogens (primary N) is 1. The Morgan fingerprint density at radius 2 is 1.47 bits per heavy atom. The number of nitrogens with one attached hydrogen (secondary N) is 9. The first-order valence-electron chi connectivity index (χ1n) is 33.0. The normalized spacial score (nSPS) is 28.5. The average Bonchev–Trinajstić information content (AvgIpc) is 1.43. The maximum atomic E-state index is 15.2. The molecule has 13 bridgehead atoms. The molecule has 1 aliphatic carbocycles. The predicted octanol–water partition coefficient (Wildman–Crippen LogP) is 1.51. The molecule has 0 saturated carbocycles. The number of hydrogen-bond donors (Lipinski definition) is 15. The van der Waals surface area contributed by atoms with Crippen molar-refractivity contribution in [1.29, 1.82) is 0 Å². The summed E-state index contributed by atoms with van der Waals surface area (Å²) < 4.78 is 6.24. The van der Waals surface area contributed by atoms with Crippen molar-refractivity contribution < 1.29 is 78.2 Å². The van der Waals surface area contributed by atoms with Crippen LogP contribution in [0.15, 0.2) is 67.7 Å². The second-order valence-corrected chi connectivity index (χ2v) is 30.4. The summed E-state index contributed by atoms with van der Waals surface area (Å²) in [5, 5.41) is 88.2. The van der Waals surface area contributed by atoms with Crippen molar-refractivity contribution in [3.05, 3.63) is 123 Å². The maximum Gasteiger partial charge on any atom is 0.357 e. The third-order valence-corrected chi connectivity index (χ3v) is 23.2. The summed E-state index contributed by atoms with van der Waals surface area (Å²) in [4.78, 5) is 177. The van der Waals surface area contributed by atoms with Gasteiger partial charge in [0.15, 0.2) is 0 Å². The zero-order valence-corrected chi connectivity index (χ0v) is 61.9. The lowest BCUT2D eigenvalue weighted by Gasteiger charge is -2.41. The summed E-state index contributed by atoms with van der Waals surface area (Å²) in [6, 6.07) is -11.1. The molecule has 16 N–H and O–H groups in total. The minimum absolute atomic E-state index is 0.00929. The van der Waals surface area contributed by atoms with Crippen molar-refractivity contribution >= 4 is 133 Å². The molecule has 9 amide bonds. The second-order valence-electron chi connectivity index (χ2n) is 25.9. The molecule has 104 heavy (non-hydrogen) atoms. The number of thioether (sulfide) groups is 1. The average molecular weight is 1530 g/mol. The number of esters is 1. The van der Waals surface area contributed by atoms with Crippen molar-refractivity contribution in [1.82, 2.24) is 72.8 Å². The molecule has 5 aromatic heterocycles. The van der Waals surface area contributed by atoms with Crippen molar-refractivity contribution in [2.75, 3.05) is 5.75 Å². The Labute approximate surface area is 615 Å². The number of hydrogen-bond acceptors (Lipinski definition) is 29. The fraction of sp³-hybridized carbons (Fsp3) is 0.470. The minimum Gasteiger partial charge on any atom is -0.455 e. The largest absolute Gasteiger partial charge is 0.455 e. The molecule has 5 aliphatic rings. The number of aromatic nitrogens is 5. The molecule has 17 atom stereocenters. The van der Waals surface area contributed by atoms with Gasteiger partial charge in [0, 0.05) is 32.8 Å². The molecule has 9 heterocycles. The lowest BCUT2D eigenvalue weighted by molar-refractivity contribution is -0.131. The van der Waals surface area contributed by atoms with E-state index in [4.69, 9.17) is 25.4 Å². The van der Waals surface area contributed by atoms with E-state index in [0.717, 1.165) is 57.1 Å². The number of aliphatic hydroxyl groups excluding tert-OH is 4. The van der Waals surface area contributed by atoms with Gasteiger partial charge >= 0.3 is 5.97 Å². The summed E-state index contributed by atoms with van der Waals surface area (Å²) in [6.45, 7) is 18.2. The number of thiazole rings is 4. The van der Waals surface area contributed by atoms with Gasteiger partial charge in [-0.05, 0) is 85.8 Å². The number of amides is 9. The van der Waals surface area contributed by atoms with Gasteiger partial charge in [-0.3, -0.25) is 58.5 Å². The van der Waals surface area contributed by atoms with E-state index in [-0.39, 0.29) is 94.7 Å². The third-order valence-electron chi connectivity index (χ3n) is 18.4. The van der Waals surface area contributed by atoms with E-state index in [9.17, 15) is 63.9 Å². The highest BCUT2D eigenvalue weighted by Gasteiger charge is 2.51. The maximum absolute atomic E-state index is 15.2. The lowest BCUT2D eigenvalue weighted by atomic mass is 9.80. The molecule has 554 valence electrons. The van der Waals surface area contributed by atoms with Crippen LogP contribution in [0.4, 0.5) is 0 Å². The molecule has 0 saturated heterocycles. The highest BCUT2D eigenvalue weighted by atomic mass is 32.2. The molecule has 0 aromatic carbocycles. The highest BCUT2D eigenvalue weighted by molar-refractivity contribution is 8.14. The van der Waals surface area contributed by atoms with Crippen LogP contribution in [0.25, 0.3) is 6.08 Å². The first kappa shape index (κ1) is 77.6. The van der Waals surface area contributed by atoms with Crippen LogP contribution in [-0.4, -0.2) is 186 Å². The third kappa shape index (κ3) is 16.3. The Balaban J connectivity index is 1.17. The Morgan fingerprint density at radius 3 is 2.14 bits per heavy atom. The molecular formula is C66H79N17O16S5. The van der Waals surface area contributed by atoms with E-state index in [2.05, 4.69) is 74.4 Å². The number of pyridine rings is 1. The molecule has 10 rings (SSSR count). The number of ether oxygens (including phenoxy) is 1. The summed E-state index contributed by atoms with van der Waals surface area (Å²) in [6.07, 6.45) is -2.69. The molecule has 0 spiro atoms. The topological polar surface area (TPSA) is 505 Å². The van der Waals surface area contributed by atoms with Crippen LogP contribution >= 0.6 is 57.1 Å². The van der Waals surface area contributed by atoms with Crippen LogP contribution in [0.2, 0.25) is 0 Å². The first-order valence-corrected chi connectivity index (χ1v) is 37.5. The Kier molecular flexibility index (Phi) is 23.7. The van der Waals surface area contributed by atoms with Gasteiger partial charge in [-0.1, -0.05) is 45.1 Å². The molecule has 4 aliphatic heterocycles. The Bertz CT molecular complexity index is 4390. The van der Waals surface area contributed by atoms with Crippen LogP contribution in [0, 0.1) is 5.92 Å². The van der Waals surface area contributed by atoms with Gasteiger partial charge in [0.2, 0.25) is 29.5 Å². The van der Waals surface area contributed by atoms with Crippen molar-refractivity contribution in [2.24, 2.45) is 21.6 Å². The van der Waals surface area contributed by atoms with E-state index in [1.807, 2.05) is 6.92 Å². The summed E-state index contributed by atoms with van der Waals surface area (Å²) in [7, 11) is 0. The second kappa shape index (κ2) is 31.8. The summed E-state index contributed by atoms with van der Waals surface area (Å²) in [5.74, 6) is -9.57. The van der Waals surface area contributed by atoms with E-state index >= 15 is 9.59 Å². The van der Waals surface area contributed by atoms with Crippen molar-refractivity contribution in [3.8, 4) is 0 Å². The zero-order chi connectivity index (χ0) is 75.7. The van der Waals surface area contributed by atoms with Crippen LogP contribution in [0.3, 0.4) is 0 Å². The number of cyclic esters (lactones) is 1. The number of fused-ring (bicyclic) bond motifs is 7. The molecular weight excluding hydrogens is 1450 g/mol. The van der Waals surface area contributed by atoms with Gasteiger partial charge in [-0.2, -0.15) is 0 Å². The van der Waals surface area contributed by atoms with Gasteiger partial charge in [-0.25, -0.2) is 29.7 Å². The SMILES string of the molecule is C=C1NC(=O)[C@@H](C)NC(=O)[C@H]([C@@H](C)CC)N[C@@H]2C=Cc3c([C@H](C)O)cc(nc3[C@H]2O)C(=O)O[C@H](C)[C@@H]2NC(=O)c3csc(n3)[C@H]([C@](C)(O)[C@@H](C)O)NC(=O)[C@H]3CSC(=N3)/C(=C/C)NC(=O)[C@H]([C@@H](C)O)NC(=O)c3csc(n3)[C@]3(CCC(c4nc(C(N)=O)cs4)=N[C@@H]3c3csc2n3)NC(=O)[C@@H](C)NC1=O. The van der Waals surface area contributed by atoms with Crippen LogP contribution in [0.5, 0.6) is 0 Å². The number of rotatable bonds is 8. The van der Waals surface area contributed by atoms with Crippen LogP contribution in [0.1, 0.15) is 203 Å².